The molecule has 1 N–H and O–H groups in total. The molecular formula is C20H22ClFN4O4. The number of nitrogens with one attached hydrogen (secondary N) is 1. The minimum absolute atomic E-state index is 0.0630. The zero-order valence-corrected chi connectivity index (χ0v) is 17.5. The van der Waals surface area contributed by atoms with E-state index in [0.29, 0.717) is 19.5 Å². The van der Waals surface area contributed by atoms with E-state index in [-0.39, 0.29) is 34.2 Å². The van der Waals surface area contributed by atoms with E-state index in [0.717, 1.165) is 18.9 Å². The van der Waals surface area contributed by atoms with Gasteiger partial charge in [-0.3, -0.25) is 14.3 Å². The van der Waals surface area contributed by atoms with Crippen LogP contribution in [-0.2, 0) is 24.4 Å². The van der Waals surface area contributed by atoms with Gasteiger partial charge in [0.05, 0.1) is 5.02 Å². The van der Waals surface area contributed by atoms with Crippen LogP contribution in [0.4, 0.5) is 4.39 Å². The molecule has 0 unspecified atom stereocenters. The molecule has 0 spiro atoms. The van der Waals surface area contributed by atoms with Crippen LogP contribution in [0.2, 0.25) is 5.02 Å². The van der Waals surface area contributed by atoms with Gasteiger partial charge in [-0.15, -0.1) is 0 Å². The van der Waals surface area contributed by atoms with Crippen molar-refractivity contribution in [2.24, 2.45) is 0 Å². The van der Waals surface area contributed by atoms with Gasteiger partial charge in [0.25, 0.3) is 5.56 Å². The standard InChI is InChI=1S/C20H22ClFN4O4/c1-3-5-10-26-17-16(18(27)24-20(26)29)25(9-4-2)14(23-17)11-30-19(28)15-12(21)7-6-8-13(15)22/h6-8H,3-5,9-11H2,1-2H3,(H,24,27,29). The first-order valence-electron chi connectivity index (χ1n) is 9.72. The van der Waals surface area contributed by atoms with Gasteiger partial charge < -0.3 is 9.30 Å². The van der Waals surface area contributed by atoms with Gasteiger partial charge in [-0.2, -0.15) is 0 Å². The molecule has 0 fully saturated rings. The molecule has 0 aliphatic rings. The van der Waals surface area contributed by atoms with Crippen LogP contribution in [0, 0.1) is 5.82 Å². The molecule has 0 radical (unpaired) electrons. The predicted molar refractivity (Wildman–Crippen MR) is 110 cm³/mol. The fourth-order valence-corrected chi connectivity index (χ4v) is 3.45. The van der Waals surface area contributed by atoms with E-state index < -0.39 is 23.0 Å². The van der Waals surface area contributed by atoms with Crippen LogP contribution >= 0.6 is 11.6 Å². The number of unbranched alkanes of at least 4 members (excludes halogenated alkanes) is 1. The first kappa shape index (κ1) is 21.8. The van der Waals surface area contributed by atoms with Gasteiger partial charge >= 0.3 is 11.7 Å². The second-order valence-corrected chi connectivity index (χ2v) is 7.20. The molecular weight excluding hydrogens is 415 g/mol. The van der Waals surface area contributed by atoms with Crippen LogP contribution in [0.25, 0.3) is 11.2 Å². The molecule has 0 aliphatic heterocycles. The van der Waals surface area contributed by atoms with Crippen LogP contribution in [0.3, 0.4) is 0 Å². The van der Waals surface area contributed by atoms with E-state index in [1.165, 1.54) is 16.7 Å². The zero-order chi connectivity index (χ0) is 21.8. The molecule has 10 heteroatoms. The number of nitrogens with zero attached hydrogens (tertiary/aromatic N) is 3. The highest BCUT2D eigenvalue weighted by molar-refractivity contribution is 6.33. The van der Waals surface area contributed by atoms with Gasteiger partial charge in [-0.1, -0.05) is 37.9 Å². The first-order chi connectivity index (χ1) is 14.4. The first-order valence-corrected chi connectivity index (χ1v) is 10.1. The number of carbonyl (C=O) groups is 1. The summed E-state index contributed by atoms with van der Waals surface area (Å²) >= 11 is 5.91. The molecule has 0 saturated heterocycles. The highest BCUT2D eigenvalue weighted by Gasteiger charge is 2.21. The van der Waals surface area contributed by atoms with Crippen molar-refractivity contribution >= 4 is 28.7 Å². The molecule has 3 rings (SSSR count). The number of carbonyl (C=O) groups excluding carboxylic acids is 1. The Balaban J connectivity index is 2.02. The van der Waals surface area contributed by atoms with Crippen molar-refractivity contribution in [1.29, 1.82) is 0 Å². The Morgan fingerprint density at radius 2 is 1.97 bits per heavy atom. The SMILES string of the molecule is CCCCn1c(=O)[nH]c(=O)c2c1nc(COC(=O)c1c(F)cccc1Cl)n2CCC. The molecule has 8 nitrogen and oxygen atoms in total. The summed E-state index contributed by atoms with van der Waals surface area (Å²) in [5, 5.41) is -0.0630. The topological polar surface area (TPSA) is 99.0 Å². The Bertz CT molecular complexity index is 1180. The van der Waals surface area contributed by atoms with Crippen molar-refractivity contribution in [2.45, 2.75) is 52.8 Å². The average molecular weight is 437 g/mol. The summed E-state index contributed by atoms with van der Waals surface area (Å²) in [6, 6.07) is 3.89. The number of fused-ring (bicyclic) bond motifs is 1. The van der Waals surface area contributed by atoms with Crippen molar-refractivity contribution < 1.29 is 13.9 Å². The lowest BCUT2D eigenvalue weighted by atomic mass is 10.2. The number of aromatic nitrogens is 4. The highest BCUT2D eigenvalue weighted by Crippen LogP contribution is 2.21. The molecule has 2 heterocycles. The quantitative estimate of drug-likeness (QED) is 0.546. The number of rotatable bonds is 8. The largest absolute Gasteiger partial charge is 0.454 e. The summed E-state index contributed by atoms with van der Waals surface area (Å²) in [6.07, 6.45) is 2.27. The van der Waals surface area contributed by atoms with Crippen molar-refractivity contribution in [3.05, 3.63) is 61.3 Å². The number of aryl methyl sites for hydroxylation is 2. The predicted octanol–water partition coefficient (Wildman–Crippen LogP) is 3.25. The fourth-order valence-electron chi connectivity index (χ4n) is 3.21. The molecule has 1 aromatic carbocycles. The number of halogens is 2. The Kier molecular flexibility index (Phi) is 6.71. The summed E-state index contributed by atoms with van der Waals surface area (Å²) < 4.78 is 22.2. The van der Waals surface area contributed by atoms with Crippen molar-refractivity contribution in [3.8, 4) is 0 Å². The summed E-state index contributed by atoms with van der Waals surface area (Å²) in [5.41, 5.74) is -0.986. The summed E-state index contributed by atoms with van der Waals surface area (Å²) in [5.74, 6) is -1.45. The monoisotopic (exact) mass is 436 g/mol. The maximum absolute atomic E-state index is 14.0. The van der Waals surface area contributed by atoms with Crippen molar-refractivity contribution in [1.82, 2.24) is 19.1 Å². The zero-order valence-electron chi connectivity index (χ0n) is 16.7. The molecule has 0 amide bonds. The number of H-pyrrole nitrogens is 1. The second kappa shape index (κ2) is 9.25. The molecule has 3 aromatic rings. The summed E-state index contributed by atoms with van der Waals surface area (Å²) in [6.45, 7) is 4.43. The van der Waals surface area contributed by atoms with Crippen LogP contribution in [-0.4, -0.2) is 25.1 Å². The molecule has 30 heavy (non-hydrogen) atoms. The molecule has 0 aliphatic carbocycles. The Morgan fingerprint density at radius 1 is 1.20 bits per heavy atom. The van der Waals surface area contributed by atoms with E-state index in [2.05, 4.69) is 9.97 Å². The molecule has 0 atom stereocenters. The van der Waals surface area contributed by atoms with Gasteiger partial charge in [0.2, 0.25) is 0 Å². The number of ether oxygens (including phenoxy) is 1. The molecule has 2 aromatic heterocycles. The normalized spacial score (nSPS) is 11.2. The maximum Gasteiger partial charge on any atom is 0.343 e. The second-order valence-electron chi connectivity index (χ2n) is 6.79. The van der Waals surface area contributed by atoms with Crippen molar-refractivity contribution in [3.63, 3.8) is 0 Å². The third-order valence-corrected chi connectivity index (χ3v) is 4.96. The van der Waals surface area contributed by atoms with Gasteiger partial charge in [-0.25, -0.2) is 19.0 Å². The van der Waals surface area contributed by atoms with Crippen LogP contribution in [0.1, 0.15) is 49.3 Å². The van der Waals surface area contributed by atoms with E-state index in [1.807, 2.05) is 13.8 Å². The highest BCUT2D eigenvalue weighted by atomic mass is 35.5. The number of imidazole rings is 1. The molecule has 0 bridgehead atoms. The van der Waals surface area contributed by atoms with Gasteiger partial charge in [0.1, 0.15) is 23.8 Å². The Hall–Kier alpha value is -2.94. The lowest BCUT2D eigenvalue weighted by Crippen LogP contribution is -2.31. The van der Waals surface area contributed by atoms with E-state index in [1.54, 1.807) is 4.57 Å². The average Bonchev–Trinajstić information content (AvgIpc) is 3.05. The number of esters is 1. The molecule has 0 saturated carbocycles. The third kappa shape index (κ3) is 4.16. The van der Waals surface area contributed by atoms with E-state index in [4.69, 9.17) is 16.3 Å². The minimum atomic E-state index is -0.939. The summed E-state index contributed by atoms with van der Waals surface area (Å²) in [7, 11) is 0. The van der Waals surface area contributed by atoms with Crippen LogP contribution in [0.5, 0.6) is 0 Å². The van der Waals surface area contributed by atoms with Gasteiger partial charge in [-0.05, 0) is 25.0 Å². The van der Waals surface area contributed by atoms with Crippen molar-refractivity contribution in [2.75, 3.05) is 0 Å². The van der Waals surface area contributed by atoms with Gasteiger partial charge in [0.15, 0.2) is 11.2 Å². The lowest BCUT2D eigenvalue weighted by molar-refractivity contribution is 0.0453. The number of aromatic amines is 1. The number of hydrogen-bond donors (Lipinski definition) is 1. The Labute approximate surface area is 176 Å². The minimum Gasteiger partial charge on any atom is -0.454 e. The van der Waals surface area contributed by atoms with Crippen LogP contribution < -0.4 is 11.2 Å². The smallest absolute Gasteiger partial charge is 0.343 e. The van der Waals surface area contributed by atoms with Crippen LogP contribution in [0.15, 0.2) is 27.8 Å². The van der Waals surface area contributed by atoms with Gasteiger partial charge in [0, 0.05) is 13.1 Å². The molecule has 160 valence electrons. The number of hydrogen-bond acceptors (Lipinski definition) is 5. The third-order valence-electron chi connectivity index (χ3n) is 4.65. The fraction of sp³-hybridized carbons (Fsp3) is 0.400. The van der Waals surface area contributed by atoms with E-state index in [9.17, 15) is 18.8 Å². The lowest BCUT2D eigenvalue weighted by Gasteiger charge is -2.09. The van der Waals surface area contributed by atoms with E-state index >= 15 is 0 Å². The Morgan fingerprint density at radius 3 is 2.63 bits per heavy atom. The summed E-state index contributed by atoms with van der Waals surface area (Å²) in [4.78, 5) is 43.9. The number of benzene rings is 1. The maximum atomic E-state index is 14.0.